The number of aliphatic carboxylic acids is 1. The third kappa shape index (κ3) is 6.02. The van der Waals surface area contributed by atoms with E-state index in [1.54, 1.807) is 0 Å². The third-order valence-electron chi connectivity index (χ3n) is 5.45. The molecule has 0 fully saturated rings. The minimum absolute atomic E-state index is 0.00409. The van der Waals surface area contributed by atoms with E-state index in [1.807, 2.05) is 55.5 Å². The second-order valence-electron chi connectivity index (χ2n) is 8.62. The average Bonchev–Trinajstić information content (AvgIpc) is 3.32. The molecule has 0 amide bonds. The summed E-state index contributed by atoms with van der Waals surface area (Å²) >= 11 is 0. The van der Waals surface area contributed by atoms with Gasteiger partial charge >= 0.3 is 5.97 Å². The van der Waals surface area contributed by atoms with Crippen LogP contribution in [0.1, 0.15) is 39.2 Å². The van der Waals surface area contributed by atoms with E-state index in [2.05, 4.69) is 20.6 Å². The van der Waals surface area contributed by atoms with Crippen LogP contribution in [0.15, 0.2) is 48.5 Å². The van der Waals surface area contributed by atoms with Crippen LogP contribution in [0.5, 0.6) is 0 Å². The van der Waals surface area contributed by atoms with Crippen molar-refractivity contribution in [3.63, 3.8) is 0 Å². The van der Waals surface area contributed by atoms with E-state index in [-0.39, 0.29) is 18.8 Å². The Labute approximate surface area is 193 Å². The van der Waals surface area contributed by atoms with Gasteiger partial charge in [0.15, 0.2) is 5.82 Å². The number of aromatic nitrogens is 4. The summed E-state index contributed by atoms with van der Waals surface area (Å²) in [7, 11) is -3.60. The number of carboxylic acids is 1. The quantitative estimate of drug-likeness (QED) is 0.437. The zero-order valence-corrected chi connectivity index (χ0v) is 19.8. The molecule has 0 atom stereocenters. The van der Waals surface area contributed by atoms with Crippen molar-refractivity contribution in [2.24, 2.45) is 5.41 Å². The van der Waals surface area contributed by atoms with Crippen molar-refractivity contribution >= 4 is 16.0 Å². The fourth-order valence-corrected chi connectivity index (χ4v) is 5.20. The van der Waals surface area contributed by atoms with Gasteiger partial charge in [-0.2, -0.15) is 4.31 Å². The molecule has 0 aliphatic carbocycles. The van der Waals surface area contributed by atoms with Gasteiger partial charge in [-0.25, -0.2) is 13.5 Å². The monoisotopic (exact) mass is 471 g/mol. The lowest BCUT2D eigenvalue weighted by Gasteiger charge is -2.29. The highest BCUT2D eigenvalue weighted by Crippen LogP contribution is 2.30. The normalized spacial score (nSPS) is 12.2. The highest BCUT2D eigenvalue weighted by Gasteiger charge is 2.34. The molecule has 0 unspecified atom stereocenters. The summed E-state index contributed by atoms with van der Waals surface area (Å²) in [5.74, 6) is -0.485. The summed E-state index contributed by atoms with van der Waals surface area (Å²) in [6.45, 7) is 5.01. The van der Waals surface area contributed by atoms with E-state index in [0.717, 1.165) is 28.7 Å². The second kappa shape index (κ2) is 10.2. The van der Waals surface area contributed by atoms with Crippen LogP contribution in [0.2, 0.25) is 0 Å². The summed E-state index contributed by atoms with van der Waals surface area (Å²) in [4.78, 5) is 11.6. The van der Waals surface area contributed by atoms with Gasteiger partial charge in [0.25, 0.3) is 0 Å². The molecule has 3 aromatic rings. The number of nitrogens with zero attached hydrogens (tertiary/aromatic N) is 4. The van der Waals surface area contributed by atoms with Gasteiger partial charge in [0.1, 0.15) is 0 Å². The lowest BCUT2D eigenvalue weighted by Crippen LogP contribution is -2.42. The number of carboxylic acid groups (broad SMARTS) is 1. The van der Waals surface area contributed by atoms with Crippen molar-refractivity contribution in [3.8, 4) is 22.5 Å². The number of unbranched alkanes of at least 4 members (excludes halogenated alkanes) is 1. The molecule has 3 rings (SSSR count). The number of aromatic amines is 1. The first-order chi connectivity index (χ1) is 15.6. The smallest absolute Gasteiger partial charge is 0.310 e. The molecule has 10 heteroatoms. The van der Waals surface area contributed by atoms with Gasteiger partial charge in [-0.3, -0.25) is 4.79 Å². The molecule has 2 aromatic carbocycles. The van der Waals surface area contributed by atoms with Crippen LogP contribution in [0.25, 0.3) is 22.5 Å². The summed E-state index contributed by atoms with van der Waals surface area (Å²) < 4.78 is 27.2. The molecule has 1 heterocycles. The summed E-state index contributed by atoms with van der Waals surface area (Å²) in [6.07, 6.45) is 1.27. The van der Waals surface area contributed by atoms with E-state index < -0.39 is 21.4 Å². The Morgan fingerprint density at radius 1 is 1.09 bits per heavy atom. The Balaban J connectivity index is 1.88. The Morgan fingerprint density at radius 2 is 1.76 bits per heavy atom. The number of tetrazole rings is 1. The van der Waals surface area contributed by atoms with Crippen LogP contribution >= 0.6 is 0 Å². The summed E-state index contributed by atoms with van der Waals surface area (Å²) in [5, 5.41) is 23.6. The van der Waals surface area contributed by atoms with Crippen LogP contribution in [0.3, 0.4) is 0 Å². The molecule has 0 aliphatic rings. The minimum Gasteiger partial charge on any atom is -0.481 e. The predicted molar refractivity (Wildman–Crippen MR) is 126 cm³/mol. The summed E-state index contributed by atoms with van der Waals surface area (Å²) in [5.41, 5.74) is 2.28. The maximum Gasteiger partial charge on any atom is 0.310 e. The molecule has 33 heavy (non-hydrogen) atoms. The molecule has 0 aliphatic heterocycles. The summed E-state index contributed by atoms with van der Waals surface area (Å²) in [6, 6.07) is 15.3. The fourth-order valence-electron chi connectivity index (χ4n) is 3.42. The topological polar surface area (TPSA) is 129 Å². The number of sulfonamides is 1. The van der Waals surface area contributed by atoms with Gasteiger partial charge in [-0.05, 0) is 47.4 Å². The van der Waals surface area contributed by atoms with Crippen LogP contribution in [0, 0.1) is 5.41 Å². The number of hydrogen-bond donors (Lipinski definition) is 2. The van der Waals surface area contributed by atoms with E-state index in [9.17, 15) is 18.3 Å². The highest BCUT2D eigenvalue weighted by atomic mass is 32.2. The van der Waals surface area contributed by atoms with E-state index in [4.69, 9.17) is 0 Å². The molecule has 0 saturated carbocycles. The lowest BCUT2D eigenvalue weighted by atomic mass is 9.93. The van der Waals surface area contributed by atoms with Gasteiger partial charge in [0.05, 0.1) is 11.2 Å². The standard InChI is InChI=1S/C23H29N5O4S/c1-4-5-14-33(31,32)28(16-23(2,3)22(29)30)15-17-10-12-18(13-11-17)19-8-6-7-9-20(19)21-24-26-27-25-21/h6-13H,4-5,14-16H2,1-3H3,(H,29,30)(H,24,25,26,27). The molecule has 2 N–H and O–H groups in total. The van der Waals surface area contributed by atoms with Crippen molar-refractivity contribution in [1.29, 1.82) is 0 Å². The van der Waals surface area contributed by atoms with Gasteiger partial charge in [0, 0.05) is 18.7 Å². The molecular formula is C23H29N5O4S. The van der Waals surface area contributed by atoms with Crippen molar-refractivity contribution < 1.29 is 18.3 Å². The average molecular weight is 472 g/mol. The van der Waals surface area contributed by atoms with Gasteiger partial charge in [0.2, 0.25) is 10.0 Å². The Kier molecular flexibility index (Phi) is 7.60. The zero-order chi connectivity index (χ0) is 24.1. The van der Waals surface area contributed by atoms with Crippen LogP contribution < -0.4 is 0 Å². The number of hydrogen-bond acceptors (Lipinski definition) is 6. The van der Waals surface area contributed by atoms with E-state index >= 15 is 0 Å². The fraction of sp³-hybridized carbons (Fsp3) is 0.391. The first-order valence-electron chi connectivity index (χ1n) is 10.8. The van der Waals surface area contributed by atoms with Crippen molar-refractivity contribution in [2.45, 2.75) is 40.2 Å². The predicted octanol–water partition coefficient (Wildman–Crippen LogP) is 3.58. The van der Waals surface area contributed by atoms with Crippen LogP contribution in [-0.2, 0) is 21.4 Å². The van der Waals surface area contributed by atoms with Gasteiger partial charge in [-0.15, -0.1) is 5.10 Å². The molecule has 1 aromatic heterocycles. The maximum atomic E-state index is 13.0. The molecule has 0 radical (unpaired) electrons. The van der Waals surface area contributed by atoms with Crippen molar-refractivity contribution in [3.05, 3.63) is 54.1 Å². The lowest BCUT2D eigenvalue weighted by molar-refractivity contribution is -0.147. The Morgan fingerprint density at radius 3 is 2.33 bits per heavy atom. The Bertz CT molecular complexity index is 1180. The maximum absolute atomic E-state index is 13.0. The number of rotatable bonds is 11. The molecular weight excluding hydrogens is 442 g/mol. The SMILES string of the molecule is CCCCS(=O)(=O)N(Cc1ccc(-c2ccccc2-c2nnn[nH]2)cc1)CC(C)(C)C(=O)O. The zero-order valence-electron chi connectivity index (χ0n) is 19.0. The number of benzene rings is 2. The number of carbonyl (C=O) groups is 1. The molecule has 176 valence electrons. The van der Waals surface area contributed by atoms with E-state index in [1.165, 1.54) is 18.2 Å². The molecule has 0 bridgehead atoms. The van der Waals surface area contributed by atoms with Gasteiger partial charge < -0.3 is 5.11 Å². The second-order valence-corrected chi connectivity index (χ2v) is 10.7. The van der Waals surface area contributed by atoms with Gasteiger partial charge in [-0.1, -0.05) is 61.9 Å². The van der Waals surface area contributed by atoms with Crippen molar-refractivity contribution in [1.82, 2.24) is 24.9 Å². The Hall–Kier alpha value is -3.11. The molecule has 0 spiro atoms. The molecule has 9 nitrogen and oxygen atoms in total. The molecule has 0 saturated heterocycles. The number of H-pyrrole nitrogens is 1. The first kappa shape index (κ1) is 24.5. The number of nitrogens with one attached hydrogen (secondary N) is 1. The largest absolute Gasteiger partial charge is 0.481 e. The third-order valence-corrected chi connectivity index (χ3v) is 7.30. The van der Waals surface area contributed by atoms with E-state index in [0.29, 0.717) is 12.2 Å². The minimum atomic E-state index is -3.60. The first-order valence-corrected chi connectivity index (χ1v) is 12.4. The van der Waals surface area contributed by atoms with Crippen molar-refractivity contribution in [2.75, 3.05) is 12.3 Å². The van der Waals surface area contributed by atoms with Crippen LogP contribution in [0.4, 0.5) is 0 Å². The highest BCUT2D eigenvalue weighted by molar-refractivity contribution is 7.89. The van der Waals surface area contributed by atoms with Crippen LogP contribution in [-0.4, -0.2) is 56.7 Å².